The molecule has 21 heavy (non-hydrogen) atoms. The van der Waals surface area contributed by atoms with Crippen LogP contribution >= 0.6 is 0 Å². The van der Waals surface area contributed by atoms with Gasteiger partial charge in [0.05, 0.1) is 18.1 Å². The van der Waals surface area contributed by atoms with E-state index in [2.05, 4.69) is 0 Å². The average molecular weight is 284 g/mol. The average Bonchev–Trinajstić information content (AvgIpc) is 2.46. The van der Waals surface area contributed by atoms with E-state index in [1.807, 2.05) is 6.07 Å². The molecule has 0 amide bonds. The van der Waals surface area contributed by atoms with Gasteiger partial charge in [-0.15, -0.1) is 0 Å². The number of halogens is 1. The molecule has 106 valence electrons. The number of nitrogens with two attached hydrogens (primary N) is 1. The van der Waals surface area contributed by atoms with Crippen molar-refractivity contribution in [2.24, 2.45) is 5.73 Å². The van der Waals surface area contributed by atoms with Crippen molar-refractivity contribution in [1.29, 1.82) is 5.26 Å². The van der Waals surface area contributed by atoms with Crippen LogP contribution in [0.4, 0.5) is 4.39 Å². The van der Waals surface area contributed by atoms with Crippen LogP contribution in [-0.2, 0) is 4.74 Å². The van der Waals surface area contributed by atoms with E-state index in [1.54, 1.807) is 24.3 Å². The van der Waals surface area contributed by atoms with Gasteiger partial charge < -0.3 is 15.6 Å². The van der Waals surface area contributed by atoms with E-state index in [1.165, 1.54) is 6.07 Å². The Balaban J connectivity index is 2.15. The highest BCUT2D eigenvalue weighted by Crippen LogP contribution is 2.44. The monoisotopic (exact) mass is 284 g/mol. The molecule has 1 unspecified atom stereocenters. The zero-order valence-electron chi connectivity index (χ0n) is 11.1. The molecule has 5 heteroatoms. The highest BCUT2D eigenvalue weighted by molar-refractivity contribution is 5.50. The van der Waals surface area contributed by atoms with Crippen LogP contribution in [0.25, 0.3) is 0 Å². The van der Waals surface area contributed by atoms with E-state index in [4.69, 9.17) is 10.5 Å². The molecule has 3 N–H and O–H groups in total. The molecule has 4 nitrogen and oxygen atoms in total. The molecule has 0 saturated heterocycles. The van der Waals surface area contributed by atoms with Crippen LogP contribution in [0.5, 0.6) is 0 Å². The first-order valence-corrected chi connectivity index (χ1v) is 6.53. The van der Waals surface area contributed by atoms with Crippen molar-refractivity contribution in [1.82, 2.24) is 0 Å². The molecule has 1 aromatic rings. The van der Waals surface area contributed by atoms with Crippen molar-refractivity contribution in [2.75, 3.05) is 0 Å². The summed E-state index contributed by atoms with van der Waals surface area (Å²) in [5, 5.41) is 19.0. The van der Waals surface area contributed by atoms with Gasteiger partial charge in [0.2, 0.25) is 5.88 Å². The van der Waals surface area contributed by atoms with E-state index in [0.29, 0.717) is 17.7 Å². The molecule has 0 saturated carbocycles. The lowest BCUT2D eigenvalue weighted by molar-refractivity contribution is 0.248. The number of benzene rings is 1. The lowest BCUT2D eigenvalue weighted by Gasteiger charge is -2.30. The molecule has 1 aromatic carbocycles. The Morgan fingerprint density at radius 1 is 1.38 bits per heavy atom. The van der Waals surface area contributed by atoms with Gasteiger partial charge >= 0.3 is 0 Å². The number of nitrogens with zero attached hydrogens (tertiary/aromatic N) is 1. The number of ether oxygens (including phenoxy) is 1. The number of nitriles is 1. The highest BCUT2D eigenvalue weighted by Gasteiger charge is 2.35. The first-order chi connectivity index (χ1) is 10.1. The maximum absolute atomic E-state index is 14.1. The largest absolute Gasteiger partial charge is 0.512 e. The van der Waals surface area contributed by atoms with Gasteiger partial charge in [0.15, 0.2) is 0 Å². The van der Waals surface area contributed by atoms with E-state index < -0.39 is 11.7 Å². The second-order valence-corrected chi connectivity index (χ2v) is 4.97. The minimum Gasteiger partial charge on any atom is -0.512 e. The second kappa shape index (κ2) is 4.98. The third-order valence-corrected chi connectivity index (χ3v) is 3.73. The Kier molecular flexibility index (Phi) is 3.15. The molecule has 2 aliphatic rings. The van der Waals surface area contributed by atoms with Crippen LogP contribution in [0.1, 0.15) is 24.3 Å². The molecular weight excluding hydrogens is 271 g/mol. The van der Waals surface area contributed by atoms with Crippen molar-refractivity contribution in [2.45, 2.75) is 18.8 Å². The molecule has 0 aromatic heterocycles. The van der Waals surface area contributed by atoms with Crippen LogP contribution in [0.3, 0.4) is 0 Å². The molecule has 3 rings (SSSR count). The molecule has 1 aliphatic heterocycles. The van der Waals surface area contributed by atoms with Gasteiger partial charge in [-0.1, -0.05) is 18.2 Å². The maximum Gasteiger partial charge on any atom is 0.205 e. The van der Waals surface area contributed by atoms with Crippen LogP contribution < -0.4 is 5.73 Å². The summed E-state index contributed by atoms with van der Waals surface area (Å²) in [5.41, 5.74) is 7.16. The summed E-state index contributed by atoms with van der Waals surface area (Å²) in [7, 11) is 0. The summed E-state index contributed by atoms with van der Waals surface area (Å²) in [6.07, 6.45) is 2.25. The van der Waals surface area contributed by atoms with Gasteiger partial charge in [0.1, 0.15) is 23.2 Å². The first-order valence-electron chi connectivity index (χ1n) is 6.53. The van der Waals surface area contributed by atoms with E-state index >= 15 is 0 Å². The standard InChI is InChI=1S/C16H13FN2O2/c17-13-4-2-1-3-10(13)15-11-6-5-9(20)7-14(11)21-16(19)12(15)8-18/h1-5,15,20H,6-7,19H2. The summed E-state index contributed by atoms with van der Waals surface area (Å²) in [4.78, 5) is 0. The fourth-order valence-corrected chi connectivity index (χ4v) is 2.75. The fraction of sp³-hybridized carbons (Fsp3) is 0.188. The van der Waals surface area contributed by atoms with Crippen molar-refractivity contribution >= 4 is 0 Å². The number of allylic oxidation sites excluding steroid dienone is 3. The number of hydrogen-bond donors (Lipinski definition) is 2. The normalized spacial score (nSPS) is 21.3. The van der Waals surface area contributed by atoms with Crippen LogP contribution in [0.2, 0.25) is 0 Å². The second-order valence-electron chi connectivity index (χ2n) is 4.97. The third-order valence-electron chi connectivity index (χ3n) is 3.73. The number of aliphatic hydroxyl groups excluding tert-OH is 1. The first kappa shape index (κ1) is 13.3. The molecule has 0 bridgehead atoms. The van der Waals surface area contributed by atoms with Gasteiger partial charge in [-0.3, -0.25) is 0 Å². The Morgan fingerprint density at radius 3 is 2.86 bits per heavy atom. The van der Waals surface area contributed by atoms with E-state index in [0.717, 1.165) is 5.57 Å². The maximum atomic E-state index is 14.1. The van der Waals surface area contributed by atoms with Crippen molar-refractivity contribution in [3.05, 3.63) is 70.3 Å². The molecule has 1 heterocycles. The summed E-state index contributed by atoms with van der Waals surface area (Å²) in [5.74, 6) is -0.298. The Hall–Kier alpha value is -2.74. The molecule has 0 fully saturated rings. The van der Waals surface area contributed by atoms with Crippen LogP contribution in [0, 0.1) is 17.1 Å². The van der Waals surface area contributed by atoms with Crippen LogP contribution in [0.15, 0.2) is 58.9 Å². The third kappa shape index (κ3) is 2.15. The summed E-state index contributed by atoms with van der Waals surface area (Å²) >= 11 is 0. The summed E-state index contributed by atoms with van der Waals surface area (Å²) in [6, 6.07) is 8.32. The molecular formula is C16H13FN2O2. The van der Waals surface area contributed by atoms with Gasteiger partial charge in [-0.2, -0.15) is 5.26 Å². The quantitative estimate of drug-likeness (QED) is 0.830. The van der Waals surface area contributed by atoms with Gasteiger partial charge in [0, 0.05) is 5.56 Å². The predicted molar refractivity (Wildman–Crippen MR) is 74.0 cm³/mol. The highest BCUT2D eigenvalue weighted by atomic mass is 19.1. The molecule has 0 spiro atoms. The SMILES string of the molecule is N#CC1=C(N)OC2=C(CC=C(O)C2)C1c1ccccc1F. The Bertz CT molecular complexity index is 741. The van der Waals surface area contributed by atoms with E-state index in [-0.39, 0.29) is 23.6 Å². The summed E-state index contributed by atoms with van der Waals surface area (Å²) < 4.78 is 19.6. The number of hydrogen-bond acceptors (Lipinski definition) is 4. The fourth-order valence-electron chi connectivity index (χ4n) is 2.75. The predicted octanol–water partition coefficient (Wildman–Crippen LogP) is 3.12. The zero-order valence-corrected chi connectivity index (χ0v) is 11.1. The van der Waals surface area contributed by atoms with Crippen molar-refractivity contribution in [3.63, 3.8) is 0 Å². The smallest absolute Gasteiger partial charge is 0.205 e. The number of rotatable bonds is 1. The topological polar surface area (TPSA) is 79.3 Å². The Labute approximate surface area is 121 Å². The molecule has 1 aliphatic carbocycles. The van der Waals surface area contributed by atoms with E-state index in [9.17, 15) is 14.8 Å². The minimum atomic E-state index is -0.565. The lowest BCUT2D eigenvalue weighted by atomic mass is 9.79. The number of aliphatic hydroxyl groups is 1. The van der Waals surface area contributed by atoms with Gasteiger partial charge in [0.25, 0.3) is 0 Å². The zero-order chi connectivity index (χ0) is 15.0. The van der Waals surface area contributed by atoms with Crippen molar-refractivity contribution < 1.29 is 14.2 Å². The minimum absolute atomic E-state index is 0.0285. The summed E-state index contributed by atoms with van der Waals surface area (Å²) in [6.45, 7) is 0. The van der Waals surface area contributed by atoms with Crippen LogP contribution in [-0.4, -0.2) is 5.11 Å². The molecule has 1 atom stereocenters. The van der Waals surface area contributed by atoms with Crippen molar-refractivity contribution in [3.8, 4) is 6.07 Å². The molecule has 0 radical (unpaired) electrons. The van der Waals surface area contributed by atoms with Gasteiger partial charge in [-0.25, -0.2) is 4.39 Å². The van der Waals surface area contributed by atoms with Gasteiger partial charge in [-0.05, 0) is 24.1 Å². The Morgan fingerprint density at radius 2 is 2.14 bits per heavy atom. The lowest BCUT2D eigenvalue weighted by Crippen LogP contribution is -2.23.